The normalized spacial score (nSPS) is 16.8. The fraction of sp³-hybridized carbons (Fsp3) is 0.316. The SMILES string of the molecule is CS(=O)(=O)c1cc(NC(=O)N2CCC[C@H]2COc2ccc(F)cc2)ccc1Cl. The molecule has 2 amide bonds. The number of anilines is 1. The molecule has 150 valence electrons. The monoisotopic (exact) mass is 426 g/mol. The summed E-state index contributed by atoms with van der Waals surface area (Å²) in [6, 6.07) is 9.56. The molecule has 0 spiro atoms. The Morgan fingerprint density at radius 1 is 1.29 bits per heavy atom. The van der Waals surface area contributed by atoms with Gasteiger partial charge in [0.15, 0.2) is 9.84 Å². The Hall–Kier alpha value is -2.32. The molecule has 0 aliphatic carbocycles. The molecule has 1 aliphatic rings. The van der Waals surface area contributed by atoms with Gasteiger partial charge in [0.1, 0.15) is 18.2 Å². The van der Waals surface area contributed by atoms with Crippen molar-refractivity contribution in [2.45, 2.75) is 23.8 Å². The maximum absolute atomic E-state index is 13.0. The Bertz CT molecular complexity index is 966. The second-order valence-corrected chi connectivity index (χ2v) is 8.99. The first-order valence-electron chi connectivity index (χ1n) is 8.69. The van der Waals surface area contributed by atoms with Crippen LogP contribution < -0.4 is 10.1 Å². The molecule has 1 fully saturated rings. The average molecular weight is 427 g/mol. The highest BCUT2D eigenvalue weighted by atomic mass is 35.5. The predicted octanol–water partition coefficient (Wildman–Crippen LogP) is 3.96. The molecule has 0 aromatic heterocycles. The summed E-state index contributed by atoms with van der Waals surface area (Å²) in [5.41, 5.74) is 0.347. The molecule has 1 atom stereocenters. The van der Waals surface area contributed by atoms with Gasteiger partial charge in [0.2, 0.25) is 0 Å². The van der Waals surface area contributed by atoms with Crippen molar-refractivity contribution in [3.63, 3.8) is 0 Å². The highest BCUT2D eigenvalue weighted by molar-refractivity contribution is 7.90. The fourth-order valence-electron chi connectivity index (χ4n) is 3.06. The Morgan fingerprint density at radius 3 is 2.68 bits per heavy atom. The molecule has 0 unspecified atom stereocenters. The van der Waals surface area contributed by atoms with E-state index in [9.17, 15) is 17.6 Å². The summed E-state index contributed by atoms with van der Waals surface area (Å²) in [7, 11) is -3.51. The molecule has 3 rings (SSSR count). The lowest BCUT2D eigenvalue weighted by atomic mass is 10.2. The largest absolute Gasteiger partial charge is 0.491 e. The van der Waals surface area contributed by atoms with Crippen LogP contribution in [0.15, 0.2) is 47.4 Å². The molecule has 1 heterocycles. The lowest BCUT2D eigenvalue weighted by Crippen LogP contribution is -2.41. The van der Waals surface area contributed by atoms with E-state index in [0.29, 0.717) is 18.0 Å². The third-order valence-electron chi connectivity index (χ3n) is 4.48. The molecular formula is C19H20ClFN2O4S. The lowest BCUT2D eigenvalue weighted by Gasteiger charge is -2.25. The summed E-state index contributed by atoms with van der Waals surface area (Å²) in [5, 5.41) is 2.82. The van der Waals surface area contributed by atoms with Gasteiger partial charge >= 0.3 is 6.03 Å². The van der Waals surface area contributed by atoms with Crippen molar-refractivity contribution >= 4 is 33.2 Å². The number of ether oxygens (including phenoxy) is 1. The Kier molecular flexibility index (Phi) is 6.10. The minimum atomic E-state index is -3.51. The van der Waals surface area contributed by atoms with Crippen LogP contribution in [-0.4, -0.2) is 44.8 Å². The summed E-state index contributed by atoms with van der Waals surface area (Å²) in [4.78, 5) is 14.3. The Balaban J connectivity index is 1.65. The van der Waals surface area contributed by atoms with Crippen LogP contribution in [0.25, 0.3) is 0 Å². The molecular weight excluding hydrogens is 407 g/mol. The lowest BCUT2D eigenvalue weighted by molar-refractivity contribution is 0.176. The minimum Gasteiger partial charge on any atom is -0.491 e. The first kappa shape index (κ1) is 20.4. The number of hydrogen-bond donors (Lipinski definition) is 1. The maximum Gasteiger partial charge on any atom is 0.322 e. The van der Waals surface area contributed by atoms with Gasteiger partial charge in [-0.3, -0.25) is 0 Å². The van der Waals surface area contributed by atoms with Gasteiger partial charge in [-0.1, -0.05) is 11.6 Å². The third kappa shape index (κ3) is 4.94. The van der Waals surface area contributed by atoms with Crippen LogP contribution >= 0.6 is 11.6 Å². The second kappa shape index (κ2) is 8.36. The van der Waals surface area contributed by atoms with Crippen molar-refractivity contribution in [2.24, 2.45) is 0 Å². The second-order valence-electron chi connectivity index (χ2n) is 6.60. The number of carbonyl (C=O) groups excluding carboxylic acids is 1. The van der Waals surface area contributed by atoms with E-state index < -0.39 is 9.84 Å². The zero-order valence-corrected chi connectivity index (χ0v) is 16.8. The quantitative estimate of drug-likeness (QED) is 0.785. The van der Waals surface area contributed by atoms with E-state index in [1.807, 2.05) is 0 Å². The van der Waals surface area contributed by atoms with Gasteiger partial charge in [-0.15, -0.1) is 0 Å². The molecule has 9 heteroatoms. The van der Waals surface area contributed by atoms with Gasteiger partial charge in [0, 0.05) is 18.5 Å². The number of sulfone groups is 1. The number of nitrogens with zero attached hydrogens (tertiary/aromatic N) is 1. The van der Waals surface area contributed by atoms with Crippen LogP contribution in [0.3, 0.4) is 0 Å². The van der Waals surface area contributed by atoms with Gasteiger partial charge in [-0.05, 0) is 55.3 Å². The summed E-state index contributed by atoms with van der Waals surface area (Å²) in [6.07, 6.45) is 2.67. The van der Waals surface area contributed by atoms with Crippen LogP contribution in [0.1, 0.15) is 12.8 Å². The van der Waals surface area contributed by atoms with Gasteiger partial charge in [0.05, 0.1) is 16.0 Å². The molecule has 0 radical (unpaired) electrons. The molecule has 0 bridgehead atoms. The third-order valence-corrected chi connectivity index (χ3v) is 6.05. The highest BCUT2D eigenvalue weighted by Crippen LogP contribution is 2.26. The number of rotatable bonds is 5. The first-order valence-corrected chi connectivity index (χ1v) is 11.0. The Labute approximate surface area is 168 Å². The molecule has 1 aliphatic heterocycles. The van der Waals surface area contributed by atoms with Crippen molar-refractivity contribution in [3.05, 3.63) is 53.3 Å². The summed E-state index contributed by atoms with van der Waals surface area (Å²) in [5.74, 6) is 0.190. The van der Waals surface area contributed by atoms with Gasteiger partial charge < -0.3 is 15.0 Å². The van der Waals surface area contributed by atoms with Crippen molar-refractivity contribution in [2.75, 3.05) is 24.7 Å². The molecule has 1 N–H and O–H groups in total. The van der Waals surface area contributed by atoms with E-state index in [1.54, 1.807) is 11.0 Å². The van der Waals surface area contributed by atoms with Crippen molar-refractivity contribution in [1.29, 1.82) is 0 Å². The molecule has 1 saturated heterocycles. The number of urea groups is 1. The van der Waals surface area contributed by atoms with Gasteiger partial charge in [0.25, 0.3) is 0 Å². The van der Waals surface area contributed by atoms with E-state index in [-0.39, 0.29) is 34.4 Å². The van der Waals surface area contributed by atoms with Crippen molar-refractivity contribution in [3.8, 4) is 5.75 Å². The molecule has 2 aromatic rings. The average Bonchev–Trinajstić information content (AvgIpc) is 3.10. The van der Waals surface area contributed by atoms with Crippen LogP contribution in [0.5, 0.6) is 5.75 Å². The fourth-order valence-corrected chi connectivity index (χ4v) is 4.36. The number of nitrogens with one attached hydrogen (secondary N) is 1. The van der Waals surface area contributed by atoms with Crippen molar-refractivity contribution in [1.82, 2.24) is 4.90 Å². The first-order chi connectivity index (χ1) is 13.2. The number of amides is 2. The van der Waals surface area contributed by atoms with E-state index >= 15 is 0 Å². The van der Waals surface area contributed by atoms with Crippen LogP contribution in [0.2, 0.25) is 5.02 Å². The number of hydrogen-bond acceptors (Lipinski definition) is 4. The number of halogens is 2. The smallest absolute Gasteiger partial charge is 0.322 e. The van der Waals surface area contributed by atoms with Crippen LogP contribution in [0.4, 0.5) is 14.9 Å². The van der Waals surface area contributed by atoms with E-state index in [1.165, 1.54) is 36.4 Å². The zero-order chi connectivity index (χ0) is 20.3. The molecule has 2 aromatic carbocycles. The number of carbonyl (C=O) groups is 1. The zero-order valence-electron chi connectivity index (χ0n) is 15.2. The van der Waals surface area contributed by atoms with E-state index in [4.69, 9.17) is 16.3 Å². The minimum absolute atomic E-state index is 0.0374. The molecule has 6 nitrogen and oxygen atoms in total. The Morgan fingerprint density at radius 2 is 2.00 bits per heavy atom. The molecule has 28 heavy (non-hydrogen) atoms. The summed E-state index contributed by atoms with van der Waals surface area (Å²) >= 11 is 5.93. The predicted molar refractivity (Wildman–Crippen MR) is 105 cm³/mol. The summed E-state index contributed by atoms with van der Waals surface area (Å²) < 4.78 is 42.2. The molecule has 0 saturated carbocycles. The number of likely N-dealkylation sites (tertiary alicyclic amines) is 1. The maximum atomic E-state index is 13.0. The topological polar surface area (TPSA) is 75.7 Å². The van der Waals surface area contributed by atoms with E-state index in [0.717, 1.165) is 19.1 Å². The standard InChI is InChI=1S/C19H20ClFN2O4S/c1-28(25,26)18-11-14(6-9-17(18)20)22-19(24)23-10-2-3-15(23)12-27-16-7-4-13(21)5-8-16/h4-9,11,15H,2-3,10,12H2,1H3,(H,22,24)/t15-/m0/s1. The summed E-state index contributed by atoms with van der Waals surface area (Å²) in [6.45, 7) is 0.851. The highest BCUT2D eigenvalue weighted by Gasteiger charge is 2.29. The number of benzene rings is 2. The van der Waals surface area contributed by atoms with Crippen molar-refractivity contribution < 1.29 is 22.3 Å². The van der Waals surface area contributed by atoms with E-state index in [2.05, 4.69) is 5.32 Å². The van der Waals surface area contributed by atoms with Crippen LogP contribution in [0, 0.1) is 5.82 Å². The van der Waals surface area contributed by atoms with Gasteiger partial charge in [-0.2, -0.15) is 0 Å². The van der Waals surface area contributed by atoms with Gasteiger partial charge in [-0.25, -0.2) is 17.6 Å². The van der Waals surface area contributed by atoms with Crippen LogP contribution in [-0.2, 0) is 9.84 Å².